The highest BCUT2D eigenvalue weighted by Crippen LogP contribution is 2.18. The smallest absolute Gasteiger partial charge is 0.242 e. The van der Waals surface area contributed by atoms with Crippen LogP contribution in [0.5, 0.6) is 0 Å². The predicted octanol–water partition coefficient (Wildman–Crippen LogP) is 5.67. The Balaban J connectivity index is 2.02. The minimum Gasteiger partial charge on any atom is -0.354 e. The third-order valence-electron chi connectivity index (χ3n) is 4.67. The highest BCUT2D eigenvalue weighted by Gasteiger charge is 2.25. The van der Waals surface area contributed by atoms with Gasteiger partial charge in [-0.1, -0.05) is 65.1 Å². The average molecular weight is 512 g/mol. The molecule has 7 heteroatoms. The van der Waals surface area contributed by atoms with Crippen LogP contribution in [-0.2, 0) is 21.9 Å². The second kappa shape index (κ2) is 13.0. The third-order valence-corrected chi connectivity index (χ3v) is 6.44. The van der Waals surface area contributed by atoms with Crippen molar-refractivity contribution in [2.75, 3.05) is 12.3 Å². The van der Waals surface area contributed by atoms with E-state index >= 15 is 0 Å². The average Bonchev–Trinajstić information content (AvgIpc) is 2.74. The van der Waals surface area contributed by atoms with Crippen LogP contribution >= 0.6 is 39.3 Å². The largest absolute Gasteiger partial charge is 0.354 e. The zero-order valence-electron chi connectivity index (χ0n) is 17.4. The number of amides is 2. The molecule has 0 saturated heterocycles. The van der Waals surface area contributed by atoms with E-state index in [9.17, 15) is 9.59 Å². The SMILES string of the molecule is CCCCNC(=O)[C@@H](C)N(Cc1ccc(Cl)cc1)C(=O)CSCc1ccc(Br)cc1. The van der Waals surface area contributed by atoms with Gasteiger partial charge in [-0.2, -0.15) is 0 Å². The van der Waals surface area contributed by atoms with E-state index in [0.29, 0.717) is 23.9 Å². The number of nitrogens with one attached hydrogen (secondary N) is 1. The molecule has 1 N–H and O–H groups in total. The van der Waals surface area contributed by atoms with Gasteiger partial charge in [0.15, 0.2) is 0 Å². The van der Waals surface area contributed by atoms with Crippen LogP contribution in [0.2, 0.25) is 5.02 Å². The van der Waals surface area contributed by atoms with E-state index in [-0.39, 0.29) is 11.8 Å². The van der Waals surface area contributed by atoms with Crippen LogP contribution in [0.1, 0.15) is 37.8 Å². The molecular weight excluding hydrogens is 484 g/mol. The first-order valence-corrected chi connectivity index (χ1v) is 12.4. The first-order valence-electron chi connectivity index (χ1n) is 10.0. The van der Waals surface area contributed by atoms with Crippen molar-refractivity contribution in [2.45, 2.75) is 45.0 Å². The zero-order chi connectivity index (χ0) is 21.9. The quantitative estimate of drug-likeness (QED) is 0.396. The van der Waals surface area contributed by atoms with Crippen LogP contribution in [0.15, 0.2) is 53.0 Å². The number of benzene rings is 2. The molecule has 162 valence electrons. The van der Waals surface area contributed by atoms with Crippen LogP contribution < -0.4 is 5.32 Å². The minimum absolute atomic E-state index is 0.0507. The fourth-order valence-electron chi connectivity index (χ4n) is 2.82. The Morgan fingerprint density at radius 1 is 1.10 bits per heavy atom. The summed E-state index contributed by atoms with van der Waals surface area (Å²) in [6.45, 7) is 4.86. The van der Waals surface area contributed by atoms with Gasteiger partial charge in [0.05, 0.1) is 5.75 Å². The number of nitrogens with zero attached hydrogens (tertiary/aromatic N) is 1. The molecule has 0 saturated carbocycles. The molecule has 0 aliphatic heterocycles. The van der Waals surface area contributed by atoms with Gasteiger partial charge >= 0.3 is 0 Å². The van der Waals surface area contributed by atoms with Crippen molar-refractivity contribution in [1.82, 2.24) is 10.2 Å². The lowest BCUT2D eigenvalue weighted by Crippen LogP contribution is -2.48. The summed E-state index contributed by atoms with van der Waals surface area (Å²) < 4.78 is 1.03. The summed E-state index contributed by atoms with van der Waals surface area (Å²) in [5.41, 5.74) is 2.10. The van der Waals surface area contributed by atoms with Crippen molar-refractivity contribution >= 4 is 51.1 Å². The summed E-state index contributed by atoms with van der Waals surface area (Å²) in [5.74, 6) is 0.884. The van der Waals surface area contributed by atoms with Gasteiger partial charge in [0, 0.05) is 28.3 Å². The second-order valence-corrected chi connectivity index (χ2v) is 9.43. The first-order chi connectivity index (χ1) is 14.4. The summed E-state index contributed by atoms with van der Waals surface area (Å²) >= 11 is 11.0. The fraction of sp³-hybridized carbons (Fsp3) is 0.391. The molecule has 0 aliphatic rings. The Morgan fingerprint density at radius 2 is 1.73 bits per heavy atom. The maximum absolute atomic E-state index is 13.0. The number of hydrogen-bond donors (Lipinski definition) is 1. The topological polar surface area (TPSA) is 49.4 Å². The minimum atomic E-state index is -0.543. The van der Waals surface area contributed by atoms with Crippen molar-refractivity contribution in [3.63, 3.8) is 0 Å². The molecule has 0 spiro atoms. The number of carbonyl (C=O) groups excluding carboxylic acids is 2. The van der Waals surface area contributed by atoms with Crippen LogP contribution in [0.3, 0.4) is 0 Å². The highest BCUT2D eigenvalue weighted by atomic mass is 79.9. The van der Waals surface area contributed by atoms with Crippen LogP contribution in [0.25, 0.3) is 0 Å². The van der Waals surface area contributed by atoms with Crippen molar-refractivity contribution in [3.05, 3.63) is 69.2 Å². The molecular formula is C23H28BrClN2O2S. The molecule has 2 aromatic carbocycles. The van der Waals surface area contributed by atoms with Crippen LogP contribution in [0, 0.1) is 0 Å². The van der Waals surface area contributed by atoms with Gasteiger partial charge in [-0.3, -0.25) is 9.59 Å². The number of rotatable bonds is 11. The number of hydrogen-bond acceptors (Lipinski definition) is 3. The van der Waals surface area contributed by atoms with E-state index in [1.165, 1.54) is 0 Å². The van der Waals surface area contributed by atoms with Gasteiger partial charge in [-0.25, -0.2) is 0 Å². The molecule has 0 aliphatic carbocycles. The van der Waals surface area contributed by atoms with E-state index < -0.39 is 6.04 Å². The normalized spacial score (nSPS) is 11.7. The van der Waals surface area contributed by atoms with Crippen LogP contribution in [0.4, 0.5) is 0 Å². The van der Waals surface area contributed by atoms with Crippen molar-refractivity contribution in [3.8, 4) is 0 Å². The molecule has 0 unspecified atom stereocenters. The summed E-state index contributed by atoms with van der Waals surface area (Å²) in [7, 11) is 0. The molecule has 30 heavy (non-hydrogen) atoms. The molecule has 2 aromatic rings. The summed E-state index contributed by atoms with van der Waals surface area (Å²) in [5, 5.41) is 3.58. The number of carbonyl (C=O) groups is 2. The monoisotopic (exact) mass is 510 g/mol. The maximum Gasteiger partial charge on any atom is 0.242 e. The Morgan fingerprint density at radius 3 is 2.37 bits per heavy atom. The van der Waals surface area contributed by atoms with Crippen LogP contribution in [-0.4, -0.2) is 35.1 Å². The van der Waals surface area contributed by atoms with Gasteiger partial charge in [0.25, 0.3) is 0 Å². The van der Waals surface area contributed by atoms with E-state index in [2.05, 4.69) is 28.2 Å². The molecule has 0 fully saturated rings. The molecule has 1 atom stereocenters. The Kier molecular flexibility index (Phi) is 10.8. The van der Waals surface area contributed by atoms with E-state index in [1.54, 1.807) is 35.7 Å². The lowest BCUT2D eigenvalue weighted by molar-refractivity contribution is -0.138. The third kappa shape index (κ3) is 8.32. The van der Waals surface area contributed by atoms with Gasteiger partial charge < -0.3 is 10.2 Å². The van der Waals surface area contributed by atoms with E-state index in [4.69, 9.17) is 11.6 Å². The van der Waals surface area contributed by atoms with Gasteiger partial charge in [-0.05, 0) is 48.7 Å². The highest BCUT2D eigenvalue weighted by molar-refractivity contribution is 9.10. The number of unbranched alkanes of at least 4 members (excludes halogenated alkanes) is 1. The standard InChI is InChI=1S/C23H28BrClN2O2S/c1-3-4-13-26-23(29)17(2)27(14-18-7-11-21(25)12-8-18)22(28)16-30-15-19-5-9-20(24)10-6-19/h5-12,17H,3-4,13-16H2,1-2H3,(H,26,29)/t17-/m1/s1. The maximum atomic E-state index is 13.0. The van der Waals surface area contributed by atoms with Gasteiger partial charge in [0.2, 0.25) is 11.8 Å². The van der Waals surface area contributed by atoms with Crippen molar-refractivity contribution < 1.29 is 9.59 Å². The molecule has 0 heterocycles. The summed E-state index contributed by atoms with van der Waals surface area (Å²) in [4.78, 5) is 27.3. The lowest BCUT2D eigenvalue weighted by atomic mass is 10.1. The Hall–Kier alpha value is -1.50. The molecule has 2 amide bonds. The van der Waals surface area contributed by atoms with Gasteiger partial charge in [0.1, 0.15) is 6.04 Å². The molecule has 4 nitrogen and oxygen atoms in total. The van der Waals surface area contributed by atoms with Gasteiger partial charge in [-0.15, -0.1) is 11.8 Å². The van der Waals surface area contributed by atoms with Crippen molar-refractivity contribution in [2.24, 2.45) is 0 Å². The summed E-state index contributed by atoms with van der Waals surface area (Å²) in [6, 6.07) is 14.9. The molecule has 0 aromatic heterocycles. The fourth-order valence-corrected chi connectivity index (χ4v) is 4.09. The summed E-state index contributed by atoms with van der Waals surface area (Å²) in [6.07, 6.45) is 1.93. The first kappa shape index (κ1) is 24.8. The van der Waals surface area contributed by atoms with Crippen molar-refractivity contribution in [1.29, 1.82) is 0 Å². The zero-order valence-corrected chi connectivity index (χ0v) is 20.5. The molecule has 0 radical (unpaired) electrons. The Bertz CT molecular complexity index is 815. The lowest BCUT2D eigenvalue weighted by Gasteiger charge is -2.29. The van der Waals surface area contributed by atoms with E-state index in [1.807, 2.05) is 36.4 Å². The van der Waals surface area contributed by atoms with E-state index in [0.717, 1.165) is 34.2 Å². The number of halogens is 2. The Labute approximate surface area is 196 Å². The number of thioether (sulfide) groups is 1. The molecule has 2 rings (SSSR count). The second-order valence-electron chi connectivity index (χ2n) is 7.09. The predicted molar refractivity (Wildman–Crippen MR) is 130 cm³/mol. The molecule has 0 bridgehead atoms.